The van der Waals surface area contributed by atoms with Gasteiger partial charge in [0.05, 0.1) is 17.5 Å². The molecule has 0 saturated carbocycles. The number of nitrogens with zero attached hydrogens (tertiary/aromatic N) is 1. The lowest BCUT2D eigenvalue weighted by Gasteiger charge is -2.12. The van der Waals surface area contributed by atoms with Crippen molar-refractivity contribution in [2.45, 2.75) is 6.61 Å². The number of nitrogens with one attached hydrogen (secondary N) is 3. The fourth-order valence-corrected chi connectivity index (χ4v) is 4.17. The summed E-state index contributed by atoms with van der Waals surface area (Å²) in [5, 5.41) is 11.0. The summed E-state index contributed by atoms with van der Waals surface area (Å²) in [6.45, 7) is 0.186. The van der Waals surface area contributed by atoms with Gasteiger partial charge in [0, 0.05) is 11.3 Å². The van der Waals surface area contributed by atoms with Gasteiger partial charge in [-0.15, -0.1) is 0 Å². The van der Waals surface area contributed by atoms with Gasteiger partial charge < -0.3 is 15.4 Å². The maximum atomic E-state index is 13.3. The van der Waals surface area contributed by atoms with Crippen molar-refractivity contribution in [3.8, 4) is 5.75 Å². The first kappa shape index (κ1) is 27.7. The predicted octanol–water partition coefficient (Wildman–Crippen LogP) is 5.90. The maximum absolute atomic E-state index is 13.3. The molecule has 5 aromatic carbocycles. The molecule has 208 valence electrons. The molecule has 0 radical (unpaired) electrons. The first-order valence-corrected chi connectivity index (χ1v) is 13.0. The summed E-state index contributed by atoms with van der Waals surface area (Å²) in [5.41, 5.74) is 4.53. The fraction of sp³-hybridized carbons (Fsp3) is 0.0303. The molecule has 0 unspecified atom stereocenters. The summed E-state index contributed by atoms with van der Waals surface area (Å²) in [6.07, 6.45) is 1.40. The second-order valence-electron chi connectivity index (χ2n) is 9.13. The highest BCUT2D eigenvalue weighted by atomic mass is 19.1. The number of para-hydroxylation sites is 2. The monoisotopic (exact) mass is 560 g/mol. The third-order valence-electron chi connectivity index (χ3n) is 6.26. The Hall–Kier alpha value is -5.83. The second kappa shape index (κ2) is 13.0. The lowest BCUT2D eigenvalue weighted by molar-refractivity contribution is -0.136. The Balaban J connectivity index is 1.28. The van der Waals surface area contributed by atoms with E-state index in [0.29, 0.717) is 17.0 Å². The van der Waals surface area contributed by atoms with Gasteiger partial charge in [0.2, 0.25) is 0 Å². The molecule has 0 atom stereocenters. The fourth-order valence-electron chi connectivity index (χ4n) is 4.17. The van der Waals surface area contributed by atoms with E-state index in [1.165, 1.54) is 30.5 Å². The quantitative estimate of drug-likeness (QED) is 0.125. The van der Waals surface area contributed by atoms with Crippen LogP contribution in [0.1, 0.15) is 21.5 Å². The molecule has 3 amide bonds. The van der Waals surface area contributed by atoms with Gasteiger partial charge in [-0.05, 0) is 58.8 Å². The molecule has 0 aromatic heterocycles. The van der Waals surface area contributed by atoms with Crippen molar-refractivity contribution in [3.63, 3.8) is 0 Å². The van der Waals surface area contributed by atoms with Crippen LogP contribution in [0.2, 0.25) is 0 Å². The molecule has 3 N–H and O–H groups in total. The van der Waals surface area contributed by atoms with Crippen molar-refractivity contribution in [1.29, 1.82) is 0 Å². The smallest absolute Gasteiger partial charge is 0.329 e. The number of halogens is 1. The summed E-state index contributed by atoms with van der Waals surface area (Å²) in [6, 6.07) is 32.4. The minimum absolute atomic E-state index is 0.167. The number of anilines is 2. The lowest BCUT2D eigenvalue weighted by atomic mass is 10.0. The van der Waals surface area contributed by atoms with E-state index in [9.17, 15) is 18.8 Å². The molecule has 0 aliphatic rings. The Kier molecular flexibility index (Phi) is 8.59. The molecule has 42 heavy (non-hydrogen) atoms. The van der Waals surface area contributed by atoms with Crippen LogP contribution in [-0.2, 0) is 16.2 Å². The molecule has 0 aliphatic heterocycles. The molecular formula is C33H25FN4O4. The van der Waals surface area contributed by atoms with E-state index >= 15 is 0 Å². The number of fused-ring (bicyclic) bond motifs is 1. The first-order valence-electron chi connectivity index (χ1n) is 13.0. The highest BCUT2D eigenvalue weighted by Crippen LogP contribution is 2.27. The number of ether oxygens (including phenoxy) is 1. The molecule has 8 nitrogen and oxygen atoms in total. The van der Waals surface area contributed by atoms with Crippen molar-refractivity contribution < 1.29 is 23.5 Å². The summed E-state index contributed by atoms with van der Waals surface area (Å²) in [5.74, 6) is -2.33. The number of hydrogen-bond acceptors (Lipinski definition) is 5. The van der Waals surface area contributed by atoms with Crippen LogP contribution in [0.5, 0.6) is 5.75 Å². The predicted molar refractivity (Wildman–Crippen MR) is 160 cm³/mol. The molecule has 0 heterocycles. The number of hydrazone groups is 1. The van der Waals surface area contributed by atoms with Gasteiger partial charge in [0.25, 0.3) is 5.91 Å². The van der Waals surface area contributed by atoms with Gasteiger partial charge in [0.15, 0.2) is 0 Å². The Bertz CT molecular complexity index is 1770. The zero-order valence-corrected chi connectivity index (χ0v) is 22.2. The molecule has 0 spiro atoms. The topological polar surface area (TPSA) is 109 Å². The largest absolute Gasteiger partial charge is 0.488 e. The molecule has 9 heteroatoms. The van der Waals surface area contributed by atoms with Crippen LogP contribution in [0.4, 0.5) is 15.8 Å². The third-order valence-corrected chi connectivity index (χ3v) is 6.26. The molecular weight excluding hydrogens is 535 g/mol. The Morgan fingerprint density at radius 1 is 0.738 bits per heavy atom. The number of hydrogen-bond donors (Lipinski definition) is 3. The summed E-state index contributed by atoms with van der Waals surface area (Å²) in [4.78, 5) is 38.1. The van der Waals surface area contributed by atoms with Crippen molar-refractivity contribution in [2.75, 3.05) is 10.6 Å². The van der Waals surface area contributed by atoms with Crippen molar-refractivity contribution in [2.24, 2.45) is 5.10 Å². The van der Waals surface area contributed by atoms with E-state index < -0.39 is 17.7 Å². The molecule has 0 aliphatic carbocycles. The van der Waals surface area contributed by atoms with Gasteiger partial charge in [-0.3, -0.25) is 14.4 Å². The van der Waals surface area contributed by atoms with Crippen LogP contribution in [0.25, 0.3) is 10.8 Å². The standard InChI is InChI=1S/C33H25FN4O4/c34-24-17-14-22(15-18-24)21-42-30-19-16-23-8-4-5-11-26(23)28(30)20-35-38-33(41)32(40)37-29-13-7-6-12-27(29)31(39)36-25-9-2-1-3-10-25/h1-20H,21H2,(H,36,39)(H,37,40)(H,38,41)/b35-20-. The van der Waals surface area contributed by atoms with Gasteiger partial charge in [-0.25, -0.2) is 9.82 Å². The lowest BCUT2D eigenvalue weighted by Crippen LogP contribution is -2.33. The van der Waals surface area contributed by atoms with Gasteiger partial charge >= 0.3 is 11.8 Å². The summed E-state index contributed by atoms with van der Waals surface area (Å²) in [7, 11) is 0. The number of amides is 3. The minimum atomic E-state index is -1.03. The molecule has 5 rings (SSSR count). The molecule has 0 fully saturated rings. The third kappa shape index (κ3) is 6.83. The highest BCUT2D eigenvalue weighted by molar-refractivity contribution is 6.40. The van der Waals surface area contributed by atoms with E-state index in [2.05, 4.69) is 21.2 Å². The molecule has 0 bridgehead atoms. The minimum Gasteiger partial charge on any atom is -0.488 e. The van der Waals surface area contributed by atoms with Crippen molar-refractivity contribution in [1.82, 2.24) is 5.43 Å². The summed E-state index contributed by atoms with van der Waals surface area (Å²) >= 11 is 0. The van der Waals surface area contributed by atoms with Crippen LogP contribution in [-0.4, -0.2) is 23.9 Å². The van der Waals surface area contributed by atoms with Crippen LogP contribution < -0.4 is 20.8 Å². The van der Waals surface area contributed by atoms with E-state index in [-0.39, 0.29) is 23.7 Å². The van der Waals surface area contributed by atoms with Crippen molar-refractivity contribution >= 4 is 46.1 Å². The second-order valence-corrected chi connectivity index (χ2v) is 9.13. The number of rotatable bonds is 8. The average molecular weight is 561 g/mol. The Morgan fingerprint density at radius 3 is 2.26 bits per heavy atom. The SMILES string of the molecule is O=C(N/N=C\c1c(OCc2ccc(F)cc2)ccc2ccccc12)C(=O)Nc1ccccc1C(=O)Nc1ccccc1. The molecule has 0 saturated heterocycles. The normalized spacial score (nSPS) is 10.8. The van der Waals surface area contributed by atoms with E-state index in [1.807, 2.05) is 36.4 Å². The van der Waals surface area contributed by atoms with Crippen LogP contribution in [0.15, 0.2) is 120 Å². The van der Waals surface area contributed by atoms with Gasteiger partial charge in [-0.1, -0.05) is 72.8 Å². The summed E-state index contributed by atoms with van der Waals surface area (Å²) < 4.78 is 19.3. The zero-order valence-electron chi connectivity index (χ0n) is 22.2. The van der Waals surface area contributed by atoms with Gasteiger partial charge in [0.1, 0.15) is 18.2 Å². The number of carbonyl (C=O) groups excluding carboxylic acids is 3. The highest BCUT2D eigenvalue weighted by Gasteiger charge is 2.18. The first-order chi connectivity index (χ1) is 20.5. The van der Waals surface area contributed by atoms with Crippen LogP contribution in [0.3, 0.4) is 0 Å². The van der Waals surface area contributed by atoms with E-state index in [0.717, 1.165) is 16.3 Å². The zero-order chi connectivity index (χ0) is 29.3. The van der Waals surface area contributed by atoms with E-state index in [1.54, 1.807) is 54.6 Å². The Labute approximate surface area is 240 Å². The van der Waals surface area contributed by atoms with Crippen LogP contribution >= 0.6 is 0 Å². The average Bonchev–Trinajstić information content (AvgIpc) is 3.02. The van der Waals surface area contributed by atoms with E-state index in [4.69, 9.17) is 4.74 Å². The molecule has 5 aromatic rings. The number of benzene rings is 5. The van der Waals surface area contributed by atoms with Gasteiger partial charge in [-0.2, -0.15) is 5.10 Å². The van der Waals surface area contributed by atoms with Crippen LogP contribution in [0, 0.1) is 5.82 Å². The number of carbonyl (C=O) groups is 3. The maximum Gasteiger partial charge on any atom is 0.329 e. The van der Waals surface area contributed by atoms with Crippen molar-refractivity contribution in [3.05, 3.63) is 138 Å². The Morgan fingerprint density at radius 2 is 1.45 bits per heavy atom.